The third-order valence-corrected chi connectivity index (χ3v) is 2.83. The average Bonchev–Trinajstić information content (AvgIpc) is 2.27. The first-order valence-electron chi connectivity index (χ1n) is 4.13. The van der Waals surface area contributed by atoms with E-state index in [9.17, 15) is 9.59 Å². The summed E-state index contributed by atoms with van der Waals surface area (Å²) in [5.74, 6) is -1.46. The van der Waals surface area contributed by atoms with Gasteiger partial charge in [-0.15, -0.1) is 0 Å². The maximum Gasteiger partial charge on any atom is 0.337 e. The normalized spacial score (nSPS) is 9.88. The van der Waals surface area contributed by atoms with Crippen LogP contribution in [0.25, 0.3) is 0 Å². The minimum Gasteiger partial charge on any atom is -0.478 e. The molecule has 0 aliphatic heterocycles. The van der Waals surface area contributed by atoms with E-state index in [0.717, 1.165) is 11.8 Å². The number of carboxylic acids is 1. The number of nitrogens with zero attached hydrogens (tertiary/aromatic N) is 1. The van der Waals surface area contributed by atoms with E-state index in [1.807, 2.05) is 0 Å². The Balaban J connectivity index is 2.79. The molecule has 1 aromatic heterocycles. The number of halogens is 1. The highest BCUT2D eigenvalue weighted by atomic mass is 35.5. The molecule has 0 aliphatic rings. The molecule has 0 saturated carbocycles. The van der Waals surface area contributed by atoms with Crippen molar-refractivity contribution >= 4 is 35.3 Å². The summed E-state index contributed by atoms with van der Waals surface area (Å²) < 4.78 is 4.44. The van der Waals surface area contributed by atoms with Crippen molar-refractivity contribution in [2.45, 2.75) is 5.03 Å². The summed E-state index contributed by atoms with van der Waals surface area (Å²) in [4.78, 5) is 25.5. The number of pyridine rings is 1. The summed E-state index contributed by atoms with van der Waals surface area (Å²) in [6.07, 6.45) is 1.24. The quantitative estimate of drug-likeness (QED) is 0.657. The Morgan fingerprint density at radius 3 is 2.88 bits per heavy atom. The van der Waals surface area contributed by atoms with E-state index in [2.05, 4.69) is 9.72 Å². The number of carbonyl (C=O) groups is 2. The first-order valence-corrected chi connectivity index (χ1v) is 5.49. The second-order valence-corrected chi connectivity index (χ2v) is 4.08. The van der Waals surface area contributed by atoms with Gasteiger partial charge in [-0.05, 0) is 6.07 Å². The monoisotopic (exact) mass is 261 g/mol. The maximum absolute atomic E-state index is 10.9. The third-order valence-electron chi connectivity index (χ3n) is 1.63. The van der Waals surface area contributed by atoms with E-state index in [1.165, 1.54) is 19.4 Å². The van der Waals surface area contributed by atoms with Gasteiger partial charge in [-0.1, -0.05) is 23.4 Å². The van der Waals surface area contributed by atoms with E-state index < -0.39 is 11.9 Å². The van der Waals surface area contributed by atoms with Crippen molar-refractivity contribution in [3.8, 4) is 0 Å². The Morgan fingerprint density at radius 1 is 1.62 bits per heavy atom. The fraction of sp³-hybridized carbons (Fsp3) is 0.222. The predicted octanol–water partition coefficient (Wildman–Crippen LogP) is 1.70. The van der Waals surface area contributed by atoms with Gasteiger partial charge in [-0.3, -0.25) is 4.79 Å². The number of hydrogen-bond donors (Lipinski definition) is 1. The van der Waals surface area contributed by atoms with Crippen LogP contribution in [-0.4, -0.2) is 34.9 Å². The van der Waals surface area contributed by atoms with Crippen molar-refractivity contribution in [2.24, 2.45) is 0 Å². The fourth-order valence-electron chi connectivity index (χ4n) is 0.854. The van der Waals surface area contributed by atoms with Crippen molar-refractivity contribution in [2.75, 3.05) is 12.9 Å². The van der Waals surface area contributed by atoms with E-state index in [1.54, 1.807) is 0 Å². The van der Waals surface area contributed by atoms with Gasteiger partial charge in [0.15, 0.2) is 0 Å². The van der Waals surface area contributed by atoms with Gasteiger partial charge in [0, 0.05) is 6.20 Å². The minimum atomic E-state index is -1.13. The second-order valence-electron chi connectivity index (χ2n) is 2.67. The number of carboxylic acid groups (broad SMARTS) is 1. The van der Waals surface area contributed by atoms with Crippen LogP contribution in [0.15, 0.2) is 17.3 Å². The van der Waals surface area contributed by atoms with E-state index in [4.69, 9.17) is 16.7 Å². The van der Waals surface area contributed by atoms with Gasteiger partial charge >= 0.3 is 11.9 Å². The van der Waals surface area contributed by atoms with Gasteiger partial charge in [0.1, 0.15) is 0 Å². The lowest BCUT2D eigenvalue weighted by molar-refractivity contribution is -0.137. The molecular weight excluding hydrogens is 254 g/mol. The van der Waals surface area contributed by atoms with Crippen LogP contribution in [-0.2, 0) is 9.53 Å². The number of carbonyl (C=O) groups excluding carboxylic acids is 1. The largest absolute Gasteiger partial charge is 0.478 e. The molecule has 1 aromatic rings. The summed E-state index contributed by atoms with van der Waals surface area (Å²) in [6, 6.07) is 1.32. The zero-order valence-corrected chi connectivity index (χ0v) is 9.84. The SMILES string of the molecule is COC(=O)CSc1cc(C(=O)O)c(Cl)cn1. The van der Waals surface area contributed by atoms with Crippen LogP contribution in [0.5, 0.6) is 0 Å². The van der Waals surface area contributed by atoms with E-state index >= 15 is 0 Å². The van der Waals surface area contributed by atoms with Crippen molar-refractivity contribution in [3.05, 3.63) is 22.8 Å². The summed E-state index contributed by atoms with van der Waals surface area (Å²) in [6.45, 7) is 0. The van der Waals surface area contributed by atoms with Crippen molar-refractivity contribution in [1.29, 1.82) is 0 Å². The summed E-state index contributed by atoms with van der Waals surface area (Å²) in [5, 5.41) is 9.27. The lowest BCUT2D eigenvalue weighted by atomic mass is 10.3. The molecule has 1 N–H and O–H groups in total. The number of aromatic carboxylic acids is 1. The molecule has 0 bridgehead atoms. The van der Waals surface area contributed by atoms with Crippen LogP contribution in [0.3, 0.4) is 0 Å². The summed E-state index contributed by atoms with van der Waals surface area (Å²) in [5.41, 5.74) is -0.0379. The Bertz CT molecular complexity index is 424. The number of esters is 1. The maximum atomic E-state index is 10.9. The molecule has 1 heterocycles. The molecule has 5 nitrogen and oxygen atoms in total. The van der Waals surface area contributed by atoms with Crippen molar-refractivity contribution in [1.82, 2.24) is 4.98 Å². The van der Waals surface area contributed by atoms with Crippen LogP contribution in [0.4, 0.5) is 0 Å². The summed E-state index contributed by atoms with van der Waals surface area (Å²) >= 11 is 6.72. The highest BCUT2D eigenvalue weighted by Gasteiger charge is 2.11. The molecule has 1 rings (SSSR count). The lowest BCUT2D eigenvalue weighted by Crippen LogP contribution is -2.04. The molecule has 16 heavy (non-hydrogen) atoms. The number of hydrogen-bond acceptors (Lipinski definition) is 5. The Hall–Kier alpha value is -1.27. The van der Waals surface area contributed by atoms with Gasteiger partial charge in [0.05, 0.1) is 28.5 Å². The van der Waals surface area contributed by atoms with Crippen molar-refractivity contribution in [3.63, 3.8) is 0 Å². The molecule has 0 amide bonds. The topological polar surface area (TPSA) is 76.5 Å². The standard InChI is InChI=1S/C9H8ClNO4S/c1-15-8(12)4-16-7-2-5(9(13)14)6(10)3-11-7/h2-3H,4H2,1H3,(H,13,14). The minimum absolute atomic E-state index is 0.0379. The van der Waals surface area contributed by atoms with Gasteiger partial charge < -0.3 is 9.84 Å². The third kappa shape index (κ3) is 3.39. The predicted molar refractivity (Wildman–Crippen MR) is 58.9 cm³/mol. The summed E-state index contributed by atoms with van der Waals surface area (Å²) in [7, 11) is 1.28. The Kier molecular flexibility index (Phi) is 4.57. The molecule has 0 aromatic carbocycles. The van der Waals surface area contributed by atoms with Crippen LogP contribution in [0.1, 0.15) is 10.4 Å². The average molecular weight is 262 g/mol. The van der Waals surface area contributed by atoms with Crippen molar-refractivity contribution < 1.29 is 19.4 Å². The highest BCUT2D eigenvalue weighted by Crippen LogP contribution is 2.21. The first kappa shape index (κ1) is 12.8. The molecule has 0 unspecified atom stereocenters. The Morgan fingerprint density at radius 2 is 2.31 bits per heavy atom. The lowest BCUT2D eigenvalue weighted by Gasteiger charge is -2.02. The number of ether oxygens (including phenoxy) is 1. The molecule has 0 spiro atoms. The van der Waals surface area contributed by atoms with Crippen LogP contribution in [0, 0.1) is 0 Å². The molecule has 0 atom stereocenters. The second kappa shape index (κ2) is 5.72. The zero-order chi connectivity index (χ0) is 12.1. The van der Waals surface area contributed by atoms with Crippen LogP contribution >= 0.6 is 23.4 Å². The molecule has 86 valence electrons. The van der Waals surface area contributed by atoms with Crippen LogP contribution < -0.4 is 0 Å². The molecule has 0 aliphatic carbocycles. The zero-order valence-electron chi connectivity index (χ0n) is 8.27. The number of methoxy groups -OCH3 is 1. The Labute approximate surface area is 101 Å². The van der Waals surface area contributed by atoms with E-state index in [-0.39, 0.29) is 16.3 Å². The van der Waals surface area contributed by atoms with E-state index in [0.29, 0.717) is 5.03 Å². The molecule has 0 fully saturated rings. The number of aromatic nitrogens is 1. The van der Waals surface area contributed by atoms with Crippen LogP contribution in [0.2, 0.25) is 5.02 Å². The van der Waals surface area contributed by atoms with Gasteiger partial charge in [-0.2, -0.15) is 0 Å². The number of rotatable bonds is 4. The fourth-order valence-corrected chi connectivity index (χ4v) is 1.75. The first-order chi connectivity index (χ1) is 7.54. The molecule has 7 heteroatoms. The van der Waals surface area contributed by atoms with Gasteiger partial charge in [0.25, 0.3) is 0 Å². The highest BCUT2D eigenvalue weighted by molar-refractivity contribution is 7.99. The molecule has 0 saturated heterocycles. The number of thioether (sulfide) groups is 1. The smallest absolute Gasteiger partial charge is 0.337 e. The molecule has 0 radical (unpaired) electrons. The molecular formula is C9H8ClNO4S. The van der Waals surface area contributed by atoms with Gasteiger partial charge in [0.2, 0.25) is 0 Å². The van der Waals surface area contributed by atoms with Gasteiger partial charge in [-0.25, -0.2) is 9.78 Å².